The SMILES string of the molecule is CC1Cc2ncccc2C1(C)O. The van der Waals surface area contributed by atoms with Crippen LogP contribution in [0.1, 0.15) is 25.1 Å². The van der Waals surface area contributed by atoms with Crippen LogP contribution >= 0.6 is 0 Å². The topological polar surface area (TPSA) is 33.1 Å². The fourth-order valence-corrected chi connectivity index (χ4v) is 1.82. The zero-order valence-corrected chi connectivity index (χ0v) is 7.41. The zero-order valence-electron chi connectivity index (χ0n) is 7.41. The molecular weight excluding hydrogens is 150 g/mol. The molecule has 0 saturated heterocycles. The van der Waals surface area contributed by atoms with Gasteiger partial charge in [0.2, 0.25) is 0 Å². The molecule has 1 aromatic rings. The van der Waals surface area contributed by atoms with E-state index in [1.54, 1.807) is 6.20 Å². The number of aromatic nitrogens is 1. The maximum Gasteiger partial charge on any atom is 0.0915 e. The largest absolute Gasteiger partial charge is 0.385 e. The lowest BCUT2D eigenvalue weighted by atomic mass is 9.91. The van der Waals surface area contributed by atoms with Gasteiger partial charge in [-0.05, 0) is 25.3 Å². The van der Waals surface area contributed by atoms with E-state index in [4.69, 9.17) is 0 Å². The average Bonchev–Trinajstić information content (AvgIpc) is 2.25. The van der Waals surface area contributed by atoms with Gasteiger partial charge >= 0.3 is 0 Å². The zero-order chi connectivity index (χ0) is 8.77. The molecule has 0 aliphatic heterocycles. The molecule has 1 aromatic heterocycles. The Labute approximate surface area is 72.3 Å². The molecule has 2 atom stereocenters. The van der Waals surface area contributed by atoms with E-state index < -0.39 is 5.60 Å². The Kier molecular flexibility index (Phi) is 1.48. The number of rotatable bonds is 0. The van der Waals surface area contributed by atoms with E-state index >= 15 is 0 Å². The van der Waals surface area contributed by atoms with Crippen LogP contribution in [0.3, 0.4) is 0 Å². The summed E-state index contributed by atoms with van der Waals surface area (Å²) in [6.45, 7) is 3.92. The summed E-state index contributed by atoms with van der Waals surface area (Å²) in [5.74, 6) is 0.280. The van der Waals surface area contributed by atoms with Crippen molar-refractivity contribution >= 4 is 0 Å². The van der Waals surface area contributed by atoms with Gasteiger partial charge in [0, 0.05) is 17.5 Å². The Morgan fingerprint density at radius 1 is 1.67 bits per heavy atom. The van der Waals surface area contributed by atoms with Crippen LogP contribution in [0.2, 0.25) is 0 Å². The average molecular weight is 163 g/mol. The Morgan fingerprint density at radius 3 is 3.08 bits per heavy atom. The molecule has 2 heteroatoms. The lowest BCUT2D eigenvalue weighted by Crippen LogP contribution is -2.24. The smallest absolute Gasteiger partial charge is 0.0915 e. The van der Waals surface area contributed by atoms with Gasteiger partial charge in [-0.1, -0.05) is 13.0 Å². The molecule has 0 amide bonds. The maximum atomic E-state index is 10.1. The third-order valence-electron chi connectivity index (χ3n) is 2.89. The van der Waals surface area contributed by atoms with Gasteiger partial charge in [0.15, 0.2) is 0 Å². The minimum Gasteiger partial charge on any atom is -0.385 e. The van der Waals surface area contributed by atoms with E-state index in [0.29, 0.717) is 0 Å². The van der Waals surface area contributed by atoms with Gasteiger partial charge in [-0.3, -0.25) is 4.98 Å². The molecule has 1 aliphatic rings. The molecule has 12 heavy (non-hydrogen) atoms. The van der Waals surface area contributed by atoms with E-state index in [1.807, 2.05) is 19.1 Å². The normalized spacial score (nSPS) is 33.4. The maximum absolute atomic E-state index is 10.1. The third kappa shape index (κ3) is 0.879. The summed E-state index contributed by atoms with van der Waals surface area (Å²) in [7, 11) is 0. The molecule has 0 bridgehead atoms. The van der Waals surface area contributed by atoms with Crippen molar-refractivity contribution in [3.8, 4) is 0 Å². The monoisotopic (exact) mass is 163 g/mol. The minimum absolute atomic E-state index is 0.280. The highest BCUT2D eigenvalue weighted by molar-refractivity contribution is 5.32. The number of nitrogens with zero attached hydrogens (tertiary/aromatic N) is 1. The quantitative estimate of drug-likeness (QED) is 0.628. The van der Waals surface area contributed by atoms with Crippen molar-refractivity contribution < 1.29 is 5.11 Å². The van der Waals surface area contributed by atoms with Gasteiger partial charge in [-0.25, -0.2) is 0 Å². The predicted molar refractivity (Wildman–Crippen MR) is 46.7 cm³/mol. The number of fused-ring (bicyclic) bond motifs is 1. The highest BCUT2D eigenvalue weighted by Gasteiger charge is 2.39. The lowest BCUT2D eigenvalue weighted by molar-refractivity contribution is 0.0153. The Bertz CT molecular complexity index is 306. The second-order valence-corrected chi connectivity index (χ2v) is 3.75. The molecule has 1 heterocycles. The van der Waals surface area contributed by atoms with E-state index in [1.165, 1.54) is 0 Å². The molecule has 1 aliphatic carbocycles. The molecule has 0 saturated carbocycles. The van der Waals surface area contributed by atoms with Crippen molar-refractivity contribution in [2.75, 3.05) is 0 Å². The van der Waals surface area contributed by atoms with Crippen molar-refractivity contribution in [2.45, 2.75) is 25.9 Å². The van der Waals surface area contributed by atoms with Crippen molar-refractivity contribution in [3.05, 3.63) is 29.6 Å². The molecule has 2 nitrogen and oxygen atoms in total. The van der Waals surface area contributed by atoms with Crippen molar-refractivity contribution in [2.24, 2.45) is 5.92 Å². The molecule has 2 unspecified atom stereocenters. The highest BCUT2D eigenvalue weighted by Crippen LogP contribution is 2.39. The molecule has 1 N–H and O–H groups in total. The second kappa shape index (κ2) is 2.30. The first kappa shape index (κ1) is 7.74. The van der Waals surface area contributed by atoms with E-state index in [9.17, 15) is 5.11 Å². The van der Waals surface area contributed by atoms with E-state index in [0.717, 1.165) is 17.7 Å². The summed E-state index contributed by atoms with van der Waals surface area (Å²) in [4.78, 5) is 4.25. The molecule has 0 aromatic carbocycles. The Balaban J connectivity index is 2.55. The second-order valence-electron chi connectivity index (χ2n) is 3.75. The fourth-order valence-electron chi connectivity index (χ4n) is 1.82. The van der Waals surface area contributed by atoms with Crippen LogP contribution in [0.4, 0.5) is 0 Å². The lowest BCUT2D eigenvalue weighted by Gasteiger charge is -2.22. The van der Waals surface area contributed by atoms with Crippen LogP contribution in [0.5, 0.6) is 0 Å². The Morgan fingerprint density at radius 2 is 2.42 bits per heavy atom. The van der Waals surface area contributed by atoms with Crippen molar-refractivity contribution in [1.82, 2.24) is 4.98 Å². The molecular formula is C10H13NO. The summed E-state index contributed by atoms with van der Waals surface area (Å²) in [5, 5.41) is 10.1. The fraction of sp³-hybridized carbons (Fsp3) is 0.500. The number of aliphatic hydroxyl groups is 1. The number of hydrogen-bond acceptors (Lipinski definition) is 2. The number of hydrogen-bond donors (Lipinski definition) is 1. The summed E-state index contributed by atoms with van der Waals surface area (Å²) in [6.07, 6.45) is 2.68. The number of pyridine rings is 1. The van der Waals surface area contributed by atoms with Gasteiger partial charge in [-0.2, -0.15) is 0 Å². The third-order valence-corrected chi connectivity index (χ3v) is 2.89. The first-order chi connectivity index (χ1) is 5.62. The van der Waals surface area contributed by atoms with Gasteiger partial charge in [0.05, 0.1) is 5.60 Å². The van der Waals surface area contributed by atoms with Gasteiger partial charge < -0.3 is 5.11 Å². The summed E-state index contributed by atoms with van der Waals surface area (Å²) >= 11 is 0. The molecule has 2 rings (SSSR count). The van der Waals surface area contributed by atoms with Crippen LogP contribution in [-0.4, -0.2) is 10.1 Å². The van der Waals surface area contributed by atoms with Crippen LogP contribution in [0.15, 0.2) is 18.3 Å². The van der Waals surface area contributed by atoms with Gasteiger partial charge in [0.1, 0.15) is 0 Å². The molecule has 0 spiro atoms. The highest BCUT2D eigenvalue weighted by atomic mass is 16.3. The van der Waals surface area contributed by atoms with Crippen LogP contribution in [-0.2, 0) is 12.0 Å². The summed E-state index contributed by atoms with van der Waals surface area (Å²) in [6, 6.07) is 3.84. The first-order valence-electron chi connectivity index (χ1n) is 4.29. The van der Waals surface area contributed by atoms with Gasteiger partial charge in [-0.15, -0.1) is 0 Å². The minimum atomic E-state index is -0.677. The van der Waals surface area contributed by atoms with Crippen LogP contribution in [0, 0.1) is 5.92 Å². The summed E-state index contributed by atoms with van der Waals surface area (Å²) < 4.78 is 0. The van der Waals surface area contributed by atoms with E-state index in [2.05, 4.69) is 11.9 Å². The standard InChI is InChI=1S/C10H13NO/c1-7-6-9-8(10(7,2)12)4-3-5-11-9/h3-5,7,12H,6H2,1-2H3. The Hall–Kier alpha value is -0.890. The summed E-state index contributed by atoms with van der Waals surface area (Å²) in [5.41, 5.74) is 1.37. The molecule has 64 valence electrons. The molecule has 0 radical (unpaired) electrons. The van der Waals surface area contributed by atoms with Crippen LogP contribution < -0.4 is 0 Å². The van der Waals surface area contributed by atoms with Gasteiger partial charge in [0.25, 0.3) is 0 Å². The van der Waals surface area contributed by atoms with Crippen molar-refractivity contribution in [3.63, 3.8) is 0 Å². The predicted octanol–water partition coefficient (Wildman–Crippen LogP) is 1.48. The van der Waals surface area contributed by atoms with E-state index in [-0.39, 0.29) is 5.92 Å². The first-order valence-corrected chi connectivity index (χ1v) is 4.29. The van der Waals surface area contributed by atoms with Crippen molar-refractivity contribution in [1.29, 1.82) is 0 Å². The van der Waals surface area contributed by atoms with Crippen LogP contribution in [0.25, 0.3) is 0 Å². The molecule has 0 fully saturated rings.